The lowest BCUT2D eigenvalue weighted by Crippen LogP contribution is -2.27. The minimum Gasteiger partial charge on any atom is -0.457 e. The Morgan fingerprint density at radius 3 is 2.27 bits per heavy atom. The minimum absolute atomic E-state index is 0.0156. The van der Waals surface area contributed by atoms with Gasteiger partial charge in [0.05, 0.1) is 9.54 Å². The number of hydrogen-bond donors (Lipinski definition) is 0. The van der Waals surface area contributed by atoms with Gasteiger partial charge in [-0.05, 0) is 76.6 Å². The molecule has 1 fully saturated rings. The molecule has 1 atom stereocenters. The van der Waals surface area contributed by atoms with Crippen LogP contribution in [0.5, 0.6) is 11.5 Å². The second-order valence-electron chi connectivity index (χ2n) is 5.62. The highest BCUT2D eigenvalue weighted by Gasteiger charge is 2.34. The Bertz CT molecular complexity index is 927. The molecule has 1 unspecified atom stereocenters. The number of carbonyl (C=O) groups excluding carboxylic acids is 1. The molecule has 0 saturated carbocycles. The van der Waals surface area contributed by atoms with Crippen molar-refractivity contribution < 1.29 is 9.53 Å². The normalized spacial score (nSPS) is 16.9. The molecule has 1 saturated heterocycles. The van der Waals surface area contributed by atoms with Crippen LogP contribution in [-0.2, 0) is 4.79 Å². The van der Waals surface area contributed by atoms with E-state index < -0.39 is 0 Å². The van der Waals surface area contributed by atoms with Crippen LogP contribution in [0.15, 0.2) is 64.5 Å². The van der Waals surface area contributed by atoms with E-state index in [4.69, 9.17) is 16.3 Å². The average molecular weight is 467 g/mol. The summed E-state index contributed by atoms with van der Waals surface area (Å²) in [5.41, 5.74) is 0.873. The van der Waals surface area contributed by atoms with Gasteiger partial charge in [-0.2, -0.15) is 0 Å². The van der Waals surface area contributed by atoms with E-state index in [1.54, 1.807) is 35.2 Å². The van der Waals surface area contributed by atoms with E-state index in [-0.39, 0.29) is 11.3 Å². The van der Waals surface area contributed by atoms with Gasteiger partial charge in [0.2, 0.25) is 5.91 Å². The van der Waals surface area contributed by atoms with Crippen LogP contribution in [-0.4, -0.2) is 11.7 Å². The molecule has 0 radical (unpaired) electrons. The first-order valence-electron chi connectivity index (χ1n) is 7.82. The van der Waals surface area contributed by atoms with Crippen LogP contribution in [0.4, 0.5) is 5.69 Å². The van der Waals surface area contributed by atoms with E-state index in [1.807, 2.05) is 47.4 Å². The largest absolute Gasteiger partial charge is 0.457 e. The second-order valence-corrected chi connectivity index (χ2v) is 9.62. The summed E-state index contributed by atoms with van der Waals surface area (Å²) in [6.07, 6.45) is 0. The van der Waals surface area contributed by atoms with Gasteiger partial charge in [0.25, 0.3) is 0 Å². The Kier molecular flexibility index (Phi) is 5.27. The van der Waals surface area contributed by atoms with Crippen LogP contribution >= 0.6 is 50.6 Å². The molecule has 0 spiro atoms. The van der Waals surface area contributed by atoms with Gasteiger partial charge in [-0.25, -0.2) is 0 Å². The lowest BCUT2D eigenvalue weighted by atomic mass is 10.2. The molecule has 0 N–H and O–H groups in total. The van der Waals surface area contributed by atoms with Crippen molar-refractivity contribution in [3.63, 3.8) is 0 Å². The van der Waals surface area contributed by atoms with E-state index in [1.165, 1.54) is 0 Å². The summed E-state index contributed by atoms with van der Waals surface area (Å²) in [5, 5.41) is 0.686. The first kappa shape index (κ1) is 17.9. The lowest BCUT2D eigenvalue weighted by Gasteiger charge is -2.23. The zero-order valence-electron chi connectivity index (χ0n) is 13.4. The van der Waals surface area contributed by atoms with E-state index in [0.29, 0.717) is 16.5 Å². The first-order chi connectivity index (χ1) is 12.6. The molecule has 7 heteroatoms. The Morgan fingerprint density at radius 2 is 1.65 bits per heavy atom. The van der Waals surface area contributed by atoms with Crippen molar-refractivity contribution in [3.05, 3.63) is 74.3 Å². The Balaban J connectivity index is 1.55. The van der Waals surface area contributed by atoms with Crippen molar-refractivity contribution >= 4 is 62.2 Å². The molecule has 0 bridgehead atoms. The number of halogens is 2. The summed E-state index contributed by atoms with van der Waals surface area (Å²) in [7, 11) is 0. The standard InChI is InChI=1S/C19H13BrClNO2S2/c20-17-10-9-16(26-17)19-22(18(23)11-25-19)13-3-7-15(8-4-13)24-14-5-1-12(21)2-6-14/h1-10,19H,11H2. The van der Waals surface area contributed by atoms with Gasteiger partial charge in [0.15, 0.2) is 0 Å². The third-order valence-corrected chi connectivity index (χ3v) is 7.14. The number of hydrogen-bond acceptors (Lipinski definition) is 4. The molecule has 3 nitrogen and oxygen atoms in total. The summed E-state index contributed by atoms with van der Waals surface area (Å²) in [6.45, 7) is 0. The number of anilines is 1. The predicted molar refractivity (Wildman–Crippen MR) is 113 cm³/mol. The number of carbonyl (C=O) groups is 1. The van der Waals surface area contributed by atoms with Gasteiger partial charge in [-0.15, -0.1) is 23.1 Å². The summed E-state index contributed by atoms with van der Waals surface area (Å²) < 4.78 is 6.89. The molecule has 1 amide bonds. The third kappa shape index (κ3) is 3.78. The molecular formula is C19H13BrClNO2S2. The Hall–Kier alpha value is -1.47. The maximum atomic E-state index is 12.4. The molecule has 4 rings (SSSR count). The SMILES string of the molecule is O=C1CSC(c2ccc(Br)s2)N1c1ccc(Oc2ccc(Cl)cc2)cc1. The van der Waals surface area contributed by atoms with E-state index in [9.17, 15) is 4.79 Å². The average Bonchev–Trinajstić information content (AvgIpc) is 3.23. The molecule has 1 aromatic heterocycles. The molecule has 3 aromatic rings. The molecule has 0 aliphatic carbocycles. The zero-order valence-corrected chi connectivity index (χ0v) is 17.4. The maximum Gasteiger partial charge on any atom is 0.238 e. The Morgan fingerprint density at radius 1 is 1.00 bits per heavy atom. The highest BCUT2D eigenvalue weighted by atomic mass is 79.9. The number of benzene rings is 2. The monoisotopic (exact) mass is 465 g/mol. The summed E-state index contributed by atoms with van der Waals surface area (Å²) in [4.78, 5) is 15.4. The van der Waals surface area contributed by atoms with Crippen molar-refractivity contribution in [3.8, 4) is 11.5 Å². The van der Waals surface area contributed by atoms with Crippen LogP contribution < -0.4 is 9.64 Å². The fourth-order valence-corrected chi connectivity index (χ4v) is 5.63. The van der Waals surface area contributed by atoms with E-state index >= 15 is 0 Å². The minimum atomic E-state index is 0.0156. The molecule has 1 aliphatic heterocycles. The van der Waals surface area contributed by atoms with Crippen molar-refractivity contribution in [1.29, 1.82) is 0 Å². The number of nitrogens with zero attached hydrogens (tertiary/aromatic N) is 1. The van der Waals surface area contributed by atoms with Crippen LogP contribution in [0, 0.1) is 0 Å². The summed E-state index contributed by atoms with van der Waals surface area (Å²) in [6, 6.07) is 18.9. The van der Waals surface area contributed by atoms with Gasteiger partial charge in [0, 0.05) is 15.6 Å². The number of ether oxygens (including phenoxy) is 1. The van der Waals surface area contributed by atoms with E-state index in [2.05, 4.69) is 22.0 Å². The summed E-state index contributed by atoms with van der Waals surface area (Å²) in [5.74, 6) is 2.04. The van der Waals surface area contributed by atoms with Gasteiger partial charge < -0.3 is 4.74 Å². The number of amides is 1. The molecular weight excluding hydrogens is 454 g/mol. The van der Waals surface area contributed by atoms with E-state index in [0.717, 1.165) is 20.1 Å². The third-order valence-electron chi connectivity index (χ3n) is 3.87. The fourth-order valence-electron chi connectivity index (χ4n) is 2.69. The molecule has 26 heavy (non-hydrogen) atoms. The van der Waals surface area contributed by atoms with Gasteiger partial charge in [-0.1, -0.05) is 11.6 Å². The van der Waals surface area contributed by atoms with Crippen LogP contribution in [0.25, 0.3) is 0 Å². The van der Waals surface area contributed by atoms with Crippen molar-refractivity contribution in [2.45, 2.75) is 5.37 Å². The van der Waals surface area contributed by atoms with Gasteiger partial charge in [-0.3, -0.25) is 9.69 Å². The zero-order chi connectivity index (χ0) is 18.1. The lowest BCUT2D eigenvalue weighted by molar-refractivity contribution is -0.115. The van der Waals surface area contributed by atoms with Crippen LogP contribution in [0.2, 0.25) is 5.02 Å². The smallest absolute Gasteiger partial charge is 0.238 e. The Labute approximate surface area is 173 Å². The molecule has 1 aliphatic rings. The first-order valence-corrected chi connectivity index (χ1v) is 10.9. The van der Waals surface area contributed by atoms with Crippen LogP contribution in [0.1, 0.15) is 10.3 Å². The van der Waals surface area contributed by atoms with Crippen LogP contribution in [0.3, 0.4) is 0 Å². The van der Waals surface area contributed by atoms with Crippen molar-refractivity contribution in [2.75, 3.05) is 10.7 Å². The molecule has 132 valence electrons. The number of thioether (sulfide) groups is 1. The number of rotatable bonds is 4. The summed E-state index contributed by atoms with van der Waals surface area (Å²) >= 11 is 12.7. The maximum absolute atomic E-state index is 12.4. The quantitative estimate of drug-likeness (QED) is 0.427. The fraction of sp³-hybridized carbons (Fsp3) is 0.105. The predicted octanol–water partition coefficient (Wildman–Crippen LogP) is 6.73. The highest BCUT2D eigenvalue weighted by Crippen LogP contribution is 2.45. The van der Waals surface area contributed by atoms with Gasteiger partial charge in [0.1, 0.15) is 16.9 Å². The molecule has 2 aromatic carbocycles. The topological polar surface area (TPSA) is 29.5 Å². The highest BCUT2D eigenvalue weighted by molar-refractivity contribution is 9.11. The van der Waals surface area contributed by atoms with Crippen molar-refractivity contribution in [1.82, 2.24) is 0 Å². The van der Waals surface area contributed by atoms with Gasteiger partial charge >= 0.3 is 0 Å². The van der Waals surface area contributed by atoms with Crippen molar-refractivity contribution in [2.24, 2.45) is 0 Å². The molecule has 2 heterocycles. The number of thiophene rings is 1. The second kappa shape index (κ2) is 7.64.